The lowest BCUT2D eigenvalue weighted by Gasteiger charge is -2.36. The van der Waals surface area contributed by atoms with E-state index in [9.17, 15) is 9.90 Å². The molecule has 5 heteroatoms. The minimum atomic E-state index is -1.86. The van der Waals surface area contributed by atoms with Crippen molar-refractivity contribution in [3.05, 3.63) is 29.8 Å². The fourth-order valence-electron chi connectivity index (χ4n) is 1.77. The van der Waals surface area contributed by atoms with Crippen LogP contribution < -0.4 is 4.43 Å². The second-order valence-electron chi connectivity index (χ2n) is 7.09. The van der Waals surface area contributed by atoms with Gasteiger partial charge in [0.1, 0.15) is 5.75 Å². The number of hydrogen-bond acceptors (Lipinski definition) is 4. The van der Waals surface area contributed by atoms with Gasteiger partial charge in [-0.05, 0) is 48.7 Å². The number of carbonyl (C=O) groups is 1. The number of aryl methyl sites for hydroxylation is 1. The van der Waals surface area contributed by atoms with Crippen molar-refractivity contribution in [3.8, 4) is 5.75 Å². The second kappa shape index (κ2) is 7.29. The van der Waals surface area contributed by atoms with Crippen LogP contribution in [0.2, 0.25) is 18.1 Å². The summed E-state index contributed by atoms with van der Waals surface area (Å²) in [6.45, 7) is 11.0. The van der Waals surface area contributed by atoms with E-state index in [1.807, 2.05) is 24.3 Å². The Morgan fingerprint density at radius 1 is 1.32 bits per heavy atom. The first-order chi connectivity index (χ1) is 10.1. The van der Waals surface area contributed by atoms with Crippen LogP contribution in [0.4, 0.5) is 0 Å². The van der Waals surface area contributed by atoms with Gasteiger partial charge in [-0.1, -0.05) is 32.9 Å². The predicted molar refractivity (Wildman–Crippen MR) is 90.6 cm³/mol. The molecule has 22 heavy (non-hydrogen) atoms. The number of hydrogen-bond donors (Lipinski definition) is 1. The van der Waals surface area contributed by atoms with Crippen molar-refractivity contribution in [1.82, 2.24) is 0 Å². The molecule has 1 aromatic rings. The second-order valence-corrected chi connectivity index (χ2v) is 11.8. The van der Waals surface area contributed by atoms with Crippen molar-refractivity contribution in [2.75, 3.05) is 7.11 Å². The molecular weight excluding hydrogens is 296 g/mol. The molecule has 4 nitrogen and oxygen atoms in total. The Bertz CT molecular complexity index is 506. The van der Waals surface area contributed by atoms with Crippen LogP contribution in [0.25, 0.3) is 0 Å². The maximum atomic E-state index is 11.2. The molecular formula is C17H28O4Si. The number of aliphatic hydroxyl groups is 1. The quantitative estimate of drug-likeness (QED) is 0.642. The summed E-state index contributed by atoms with van der Waals surface area (Å²) in [4.78, 5) is 11.2. The highest BCUT2D eigenvalue weighted by atomic mass is 28.4. The molecule has 0 spiro atoms. The van der Waals surface area contributed by atoms with Crippen molar-refractivity contribution in [1.29, 1.82) is 0 Å². The molecule has 0 aliphatic rings. The first-order valence-corrected chi connectivity index (χ1v) is 10.5. The Morgan fingerprint density at radius 3 is 2.50 bits per heavy atom. The predicted octanol–water partition coefficient (Wildman–Crippen LogP) is 3.54. The van der Waals surface area contributed by atoms with Crippen molar-refractivity contribution < 1.29 is 19.1 Å². The summed E-state index contributed by atoms with van der Waals surface area (Å²) in [6.07, 6.45) is -0.128. The van der Waals surface area contributed by atoms with Crippen LogP contribution in [0.1, 0.15) is 32.8 Å². The van der Waals surface area contributed by atoms with E-state index in [0.29, 0.717) is 12.8 Å². The molecule has 0 amide bonds. The van der Waals surface area contributed by atoms with Gasteiger partial charge in [-0.2, -0.15) is 0 Å². The van der Waals surface area contributed by atoms with Crippen LogP contribution in [0, 0.1) is 0 Å². The maximum absolute atomic E-state index is 11.2. The highest BCUT2D eigenvalue weighted by molar-refractivity contribution is 6.74. The molecule has 1 aromatic carbocycles. The Balaban J connectivity index is 2.73. The first-order valence-electron chi connectivity index (χ1n) is 7.60. The summed E-state index contributed by atoms with van der Waals surface area (Å²) in [6, 6.07) is 7.87. The van der Waals surface area contributed by atoms with Crippen LogP contribution in [0.3, 0.4) is 0 Å². The van der Waals surface area contributed by atoms with E-state index in [-0.39, 0.29) is 5.04 Å². The third kappa shape index (κ3) is 5.14. The smallest absolute Gasteiger partial charge is 0.334 e. The molecule has 1 atom stereocenters. The largest absolute Gasteiger partial charge is 0.543 e. The van der Waals surface area contributed by atoms with Crippen molar-refractivity contribution in [3.63, 3.8) is 0 Å². The van der Waals surface area contributed by atoms with Crippen LogP contribution in [0.5, 0.6) is 5.75 Å². The Labute approximate surface area is 134 Å². The molecule has 0 bridgehead atoms. The zero-order valence-electron chi connectivity index (χ0n) is 14.5. The Kier molecular flexibility index (Phi) is 6.20. The SMILES string of the molecule is COC(=O)C(O)CCc1cccc(O[Si](C)(C)C(C)(C)C)c1. The van der Waals surface area contributed by atoms with Crippen LogP contribution in [-0.2, 0) is 16.0 Å². The van der Waals surface area contributed by atoms with E-state index in [1.165, 1.54) is 7.11 Å². The highest BCUT2D eigenvalue weighted by Crippen LogP contribution is 2.37. The molecule has 1 unspecified atom stereocenters. The number of carbonyl (C=O) groups excluding carboxylic acids is 1. The Hall–Kier alpha value is -1.33. The first kappa shape index (κ1) is 18.7. The molecule has 0 aromatic heterocycles. The minimum absolute atomic E-state index is 0.143. The van der Waals surface area contributed by atoms with E-state index < -0.39 is 20.4 Å². The average Bonchev–Trinajstić information content (AvgIpc) is 2.42. The standard InChI is InChI=1S/C17H28O4Si/c1-17(2,3)22(5,6)21-14-9-7-8-13(12-14)10-11-15(18)16(19)20-4/h7-9,12,15,18H,10-11H2,1-6H3. The number of methoxy groups -OCH3 is 1. The molecule has 0 fully saturated rings. The topological polar surface area (TPSA) is 55.8 Å². The fourth-order valence-corrected chi connectivity index (χ4v) is 2.79. The number of ether oxygens (including phenoxy) is 1. The average molecular weight is 324 g/mol. The molecule has 0 saturated carbocycles. The summed E-state index contributed by atoms with van der Waals surface area (Å²) >= 11 is 0. The van der Waals surface area contributed by atoms with E-state index in [2.05, 4.69) is 38.6 Å². The normalized spacial score (nSPS) is 13.6. The fraction of sp³-hybridized carbons (Fsp3) is 0.588. The molecule has 124 valence electrons. The molecule has 0 saturated heterocycles. The number of aliphatic hydroxyl groups excluding tert-OH is 1. The number of benzene rings is 1. The zero-order valence-corrected chi connectivity index (χ0v) is 15.5. The van der Waals surface area contributed by atoms with Gasteiger partial charge >= 0.3 is 5.97 Å². The van der Waals surface area contributed by atoms with E-state index in [1.54, 1.807) is 0 Å². The lowest BCUT2D eigenvalue weighted by Crippen LogP contribution is -2.43. The number of rotatable bonds is 6. The van der Waals surface area contributed by atoms with E-state index >= 15 is 0 Å². The third-order valence-electron chi connectivity index (χ3n) is 4.26. The molecule has 0 heterocycles. The van der Waals surface area contributed by atoms with E-state index in [4.69, 9.17) is 4.43 Å². The monoisotopic (exact) mass is 324 g/mol. The summed E-state index contributed by atoms with van der Waals surface area (Å²) in [5.74, 6) is 0.269. The summed E-state index contributed by atoms with van der Waals surface area (Å²) in [7, 11) is -0.584. The van der Waals surface area contributed by atoms with Gasteiger partial charge in [-0.15, -0.1) is 0 Å². The van der Waals surface area contributed by atoms with Gasteiger partial charge in [-0.25, -0.2) is 4.79 Å². The van der Waals surface area contributed by atoms with Crippen molar-refractivity contribution in [2.24, 2.45) is 0 Å². The van der Waals surface area contributed by atoms with Crippen LogP contribution in [-0.4, -0.2) is 32.6 Å². The lowest BCUT2D eigenvalue weighted by atomic mass is 10.1. The third-order valence-corrected chi connectivity index (χ3v) is 8.62. The zero-order chi connectivity index (χ0) is 17.0. The molecule has 0 radical (unpaired) electrons. The lowest BCUT2D eigenvalue weighted by molar-refractivity contribution is -0.150. The van der Waals surface area contributed by atoms with E-state index in [0.717, 1.165) is 11.3 Å². The van der Waals surface area contributed by atoms with Crippen LogP contribution in [0.15, 0.2) is 24.3 Å². The van der Waals surface area contributed by atoms with Crippen molar-refractivity contribution >= 4 is 14.3 Å². The van der Waals surface area contributed by atoms with Gasteiger partial charge in [0, 0.05) is 0 Å². The summed E-state index contributed by atoms with van der Waals surface area (Å²) < 4.78 is 10.8. The Morgan fingerprint density at radius 2 is 1.95 bits per heavy atom. The minimum Gasteiger partial charge on any atom is -0.543 e. The number of esters is 1. The highest BCUT2D eigenvalue weighted by Gasteiger charge is 2.38. The molecule has 0 aliphatic heterocycles. The maximum Gasteiger partial charge on any atom is 0.334 e. The summed E-state index contributed by atoms with van der Waals surface area (Å²) in [5.41, 5.74) is 1.04. The van der Waals surface area contributed by atoms with Gasteiger partial charge in [0.2, 0.25) is 8.32 Å². The summed E-state index contributed by atoms with van der Waals surface area (Å²) in [5, 5.41) is 9.79. The van der Waals surface area contributed by atoms with Gasteiger partial charge < -0.3 is 14.3 Å². The van der Waals surface area contributed by atoms with Gasteiger partial charge in [0.05, 0.1) is 7.11 Å². The van der Waals surface area contributed by atoms with Gasteiger partial charge in [0.15, 0.2) is 6.10 Å². The van der Waals surface area contributed by atoms with Crippen molar-refractivity contribution in [2.45, 2.75) is 57.8 Å². The molecule has 1 N–H and O–H groups in total. The molecule has 0 aliphatic carbocycles. The van der Waals surface area contributed by atoms with Gasteiger partial charge in [0.25, 0.3) is 0 Å². The molecule has 1 rings (SSSR count). The van der Waals surface area contributed by atoms with Gasteiger partial charge in [-0.3, -0.25) is 0 Å². The van der Waals surface area contributed by atoms with Crippen LogP contribution >= 0.6 is 0 Å².